The summed E-state index contributed by atoms with van der Waals surface area (Å²) in [5.41, 5.74) is 3.02. The van der Waals surface area contributed by atoms with Gasteiger partial charge in [0.05, 0.1) is 5.69 Å². The molecule has 0 fully saturated rings. The normalized spacial score (nSPS) is 11.0. The molecule has 0 aliphatic heterocycles. The van der Waals surface area contributed by atoms with Crippen molar-refractivity contribution in [2.75, 3.05) is 13.7 Å². The second-order valence-corrected chi connectivity index (χ2v) is 4.72. The SMILES string of the molecule is COCC(=O)c1ccc(N=Cc2cc(C)ccc2O)cc1. The van der Waals surface area contributed by atoms with Gasteiger partial charge in [-0.05, 0) is 43.3 Å². The van der Waals surface area contributed by atoms with Crippen molar-refractivity contribution in [3.63, 3.8) is 0 Å². The fraction of sp³-hybridized carbons (Fsp3) is 0.176. The second kappa shape index (κ2) is 6.81. The number of ketones is 1. The number of phenols is 1. The number of benzene rings is 2. The highest BCUT2D eigenvalue weighted by Crippen LogP contribution is 2.18. The van der Waals surface area contributed by atoms with Gasteiger partial charge in [0.2, 0.25) is 0 Å². The van der Waals surface area contributed by atoms with Crippen LogP contribution in [0.3, 0.4) is 0 Å². The average molecular weight is 283 g/mol. The maximum Gasteiger partial charge on any atom is 0.188 e. The number of hydrogen-bond donors (Lipinski definition) is 1. The Balaban J connectivity index is 2.14. The number of ether oxygens (including phenoxy) is 1. The van der Waals surface area contributed by atoms with Crippen LogP contribution >= 0.6 is 0 Å². The molecule has 2 aromatic rings. The first-order chi connectivity index (χ1) is 10.1. The number of hydrogen-bond acceptors (Lipinski definition) is 4. The largest absolute Gasteiger partial charge is 0.507 e. The van der Waals surface area contributed by atoms with Crippen LogP contribution in [0, 0.1) is 6.92 Å². The molecule has 0 aliphatic rings. The fourth-order valence-corrected chi connectivity index (χ4v) is 1.87. The van der Waals surface area contributed by atoms with Gasteiger partial charge in [0.25, 0.3) is 0 Å². The molecule has 0 aromatic heterocycles. The lowest BCUT2D eigenvalue weighted by atomic mass is 10.1. The number of nitrogens with zero attached hydrogens (tertiary/aromatic N) is 1. The Labute approximate surface area is 123 Å². The molecule has 108 valence electrons. The Morgan fingerprint density at radius 1 is 1.24 bits per heavy atom. The summed E-state index contributed by atoms with van der Waals surface area (Å²) in [5.74, 6) is 0.126. The molecule has 0 unspecified atom stereocenters. The second-order valence-electron chi connectivity index (χ2n) is 4.72. The van der Waals surface area contributed by atoms with Crippen LogP contribution in [0.5, 0.6) is 5.75 Å². The van der Waals surface area contributed by atoms with E-state index < -0.39 is 0 Å². The van der Waals surface area contributed by atoms with Crippen molar-refractivity contribution in [1.82, 2.24) is 0 Å². The highest BCUT2D eigenvalue weighted by molar-refractivity contribution is 5.97. The minimum atomic E-state index is -0.0654. The van der Waals surface area contributed by atoms with E-state index in [1.165, 1.54) is 7.11 Å². The van der Waals surface area contributed by atoms with Gasteiger partial charge in [-0.3, -0.25) is 9.79 Å². The van der Waals surface area contributed by atoms with Crippen molar-refractivity contribution in [2.45, 2.75) is 6.92 Å². The number of rotatable bonds is 5. The van der Waals surface area contributed by atoms with E-state index in [1.807, 2.05) is 19.1 Å². The molecule has 1 N–H and O–H groups in total. The lowest BCUT2D eigenvalue weighted by Gasteiger charge is -2.01. The molecule has 0 amide bonds. The van der Waals surface area contributed by atoms with Crippen molar-refractivity contribution >= 4 is 17.7 Å². The van der Waals surface area contributed by atoms with Crippen LogP contribution in [-0.4, -0.2) is 30.8 Å². The van der Waals surface area contributed by atoms with Gasteiger partial charge >= 0.3 is 0 Å². The Bertz CT molecular complexity index is 660. The molecule has 21 heavy (non-hydrogen) atoms. The first-order valence-electron chi connectivity index (χ1n) is 6.56. The smallest absolute Gasteiger partial charge is 0.188 e. The standard InChI is InChI=1S/C17H17NO3/c1-12-3-8-16(19)14(9-12)10-18-15-6-4-13(5-7-15)17(20)11-21-2/h3-10,19H,11H2,1-2H3. The van der Waals surface area contributed by atoms with Crippen molar-refractivity contribution in [3.8, 4) is 5.75 Å². The van der Waals surface area contributed by atoms with Gasteiger partial charge in [-0.25, -0.2) is 0 Å². The molecule has 0 atom stereocenters. The van der Waals surface area contributed by atoms with Gasteiger partial charge < -0.3 is 9.84 Å². The Kier molecular flexibility index (Phi) is 4.85. The van der Waals surface area contributed by atoms with Crippen molar-refractivity contribution in [1.29, 1.82) is 0 Å². The van der Waals surface area contributed by atoms with Crippen LogP contribution in [-0.2, 0) is 4.74 Å². The van der Waals surface area contributed by atoms with E-state index in [0.29, 0.717) is 16.8 Å². The molecule has 2 rings (SSSR count). The molecule has 0 spiro atoms. The summed E-state index contributed by atoms with van der Waals surface area (Å²) in [6, 6.07) is 12.3. The summed E-state index contributed by atoms with van der Waals surface area (Å²) in [6.07, 6.45) is 1.61. The molecule has 0 heterocycles. The minimum Gasteiger partial charge on any atom is -0.507 e. The third kappa shape index (κ3) is 4.00. The van der Waals surface area contributed by atoms with Gasteiger partial charge in [0.15, 0.2) is 5.78 Å². The quantitative estimate of drug-likeness (QED) is 0.676. The van der Waals surface area contributed by atoms with Crippen molar-refractivity contribution in [2.24, 2.45) is 4.99 Å². The topological polar surface area (TPSA) is 58.9 Å². The third-order valence-electron chi connectivity index (χ3n) is 3.00. The van der Waals surface area contributed by atoms with Gasteiger partial charge in [-0.15, -0.1) is 0 Å². The zero-order valence-corrected chi connectivity index (χ0v) is 12.0. The number of aliphatic imine (C=N–C) groups is 1. The summed E-state index contributed by atoms with van der Waals surface area (Å²) < 4.78 is 4.81. The summed E-state index contributed by atoms with van der Waals surface area (Å²) in [7, 11) is 1.49. The van der Waals surface area contributed by atoms with E-state index in [2.05, 4.69) is 4.99 Å². The van der Waals surface area contributed by atoms with Crippen LogP contribution in [0.2, 0.25) is 0 Å². The van der Waals surface area contributed by atoms with Crippen LogP contribution in [0.25, 0.3) is 0 Å². The Morgan fingerprint density at radius 2 is 1.95 bits per heavy atom. The number of carbonyl (C=O) groups is 1. The summed E-state index contributed by atoms with van der Waals surface area (Å²) in [4.78, 5) is 15.9. The van der Waals surface area contributed by atoms with E-state index in [0.717, 1.165) is 5.56 Å². The third-order valence-corrected chi connectivity index (χ3v) is 3.00. The number of Topliss-reactive ketones (excluding diaryl/α,β-unsaturated/α-hetero) is 1. The predicted octanol–water partition coefficient (Wildman–Crippen LogP) is 3.28. The van der Waals surface area contributed by atoms with Gasteiger partial charge in [-0.1, -0.05) is 11.6 Å². The van der Waals surface area contributed by atoms with Crippen LogP contribution in [0.4, 0.5) is 5.69 Å². The Hall–Kier alpha value is -2.46. The van der Waals surface area contributed by atoms with E-state index in [-0.39, 0.29) is 18.1 Å². The van der Waals surface area contributed by atoms with Gasteiger partial charge in [-0.2, -0.15) is 0 Å². The van der Waals surface area contributed by atoms with E-state index in [4.69, 9.17) is 4.74 Å². The summed E-state index contributed by atoms with van der Waals surface area (Å²) in [6.45, 7) is 2.02. The van der Waals surface area contributed by atoms with E-state index in [1.54, 1.807) is 36.5 Å². The number of phenolic OH excluding ortho intramolecular Hbond substituents is 1. The van der Waals surface area contributed by atoms with E-state index in [9.17, 15) is 9.90 Å². The number of methoxy groups -OCH3 is 1. The maximum atomic E-state index is 11.6. The molecular weight excluding hydrogens is 266 g/mol. The zero-order valence-electron chi connectivity index (χ0n) is 12.0. The molecule has 0 aliphatic carbocycles. The van der Waals surface area contributed by atoms with Crippen molar-refractivity contribution < 1.29 is 14.6 Å². The monoisotopic (exact) mass is 283 g/mol. The molecule has 4 heteroatoms. The highest BCUT2D eigenvalue weighted by Gasteiger charge is 2.04. The lowest BCUT2D eigenvalue weighted by molar-refractivity contribution is 0.0848. The number of aromatic hydroxyl groups is 1. The first-order valence-corrected chi connectivity index (χ1v) is 6.56. The molecule has 0 radical (unpaired) electrons. The number of carbonyl (C=O) groups excluding carboxylic acids is 1. The fourth-order valence-electron chi connectivity index (χ4n) is 1.87. The molecule has 4 nitrogen and oxygen atoms in total. The highest BCUT2D eigenvalue weighted by atomic mass is 16.5. The predicted molar refractivity (Wildman–Crippen MR) is 82.7 cm³/mol. The molecule has 0 saturated heterocycles. The van der Waals surface area contributed by atoms with Crippen LogP contribution in [0.1, 0.15) is 21.5 Å². The van der Waals surface area contributed by atoms with Gasteiger partial charge in [0.1, 0.15) is 12.4 Å². The van der Waals surface area contributed by atoms with E-state index >= 15 is 0 Å². The zero-order chi connectivity index (χ0) is 15.2. The van der Waals surface area contributed by atoms with Gasteiger partial charge in [0, 0.05) is 24.5 Å². The maximum absolute atomic E-state index is 11.6. The average Bonchev–Trinajstić information content (AvgIpc) is 2.49. The Morgan fingerprint density at radius 3 is 2.62 bits per heavy atom. The molecule has 0 saturated carbocycles. The first kappa shape index (κ1) is 14.9. The van der Waals surface area contributed by atoms with Crippen molar-refractivity contribution in [3.05, 3.63) is 59.2 Å². The molecule has 0 bridgehead atoms. The van der Waals surface area contributed by atoms with Crippen LogP contribution in [0.15, 0.2) is 47.5 Å². The van der Waals surface area contributed by atoms with Crippen LogP contribution < -0.4 is 0 Å². The number of aryl methyl sites for hydroxylation is 1. The molecular formula is C17H17NO3. The lowest BCUT2D eigenvalue weighted by Crippen LogP contribution is -2.06. The summed E-state index contributed by atoms with van der Waals surface area (Å²) >= 11 is 0. The summed E-state index contributed by atoms with van der Waals surface area (Å²) in [5, 5.41) is 9.74. The molecule has 2 aromatic carbocycles. The minimum absolute atomic E-state index is 0.0654.